The van der Waals surface area contributed by atoms with Crippen LogP contribution < -0.4 is 5.32 Å². The Morgan fingerprint density at radius 2 is 1.77 bits per heavy atom. The van der Waals surface area contributed by atoms with Crippen LogP contribution in [-0.4, -0.2) is 28.0 Å². The summed E-state index contributed by atoms with van der Waals surface area (Å²) in [6, 6.07) is 16.2. The zero-order chi connectivity index (χ0) is 22.5. The Labute approximate surface area is 177 Å². The van der Waals surface area contributed by atoms with Crippen molar-refractivity contribution >= 4 is 23.4 Å². The Morgan fingerprint density at radius 1 is 1.13 bits per heavy atom. The third-order valence-electron chi connectivity index (χ3n) is 4.75. The third-order valence-corrected chi connectivity index (χ3v) is 4.75. The molecule has 0 bridgehead atoms. The van der Waals surface area contributed by atoms with Crippen LogP contribution in [0.4, 0.5) is 11.5 Å². The molecule has 0 aliphatic heterocycles. The molecule has 1 aromatic heterocycles. The molecule has 0 atom stereocenters. The lowest BCUT2D eigenvalue weighted by atomic mass is 10.2. The molecule has 0 fully saturated rings. The highest BCUT2D eigenvalue weighted by Crippen LogP contribution is 2.29. The number of nitrogens with zero attached hydrogens (tertiary/aromatic N) is 3. The number of esters is 1. The molecule has 9 heteroatoms. The molecule has 0 saturated heterocycles. The molecule has 9 nitrogen and oxygen atoms in total. The summed E-state index contributed by atoms with van der Waals surface area (Å²) in [6.07, 6.45) is 0. The summed E-state index contributed by atoms with van der Waals surface area (Å²) in [5.74, 6) is -1.13. The Balaban J connectivity index is 1.76. The summed E-state index contributed by atoms with van der Waals surface area (Å²) in [5, 5.41) is 22.9. The molecule has 3 rings (SSSR count). The van der Waals surface area contributed by atoms with E-state index in [9.17, 15) is 25.0 Å². The van der Waals surface area contributed by atoms with Gasteiger partial charge in [0.25, 0.3) is 11.6 Å². The predicted molar refractivity (Wildman–Crippen MR) is 112 cm³/mol. The van der Waals surface area contributed by atoms with Crippen LogP contribution in [0.2, 0.25) is 0 Å². The van der Waals surface area contributed by atoms with Crippen LogP contribution >= 0.6 is 0 Å². The van der Waals surface area contributed by atoms with E-state index in [4.69, 9.17) is 4.74 Å². The van der Waals surface area contributed by atoms with Gasteiger partial charge in [-0.2, -0.15) is 5.26 Å². The molecule has 1 amide bonds. The minimum Gasteiger partial charge on any atom is -0.452 e. The number of nitro benzene ring substituents is 1. The van der Waals surface area contributed by atoms with Crippen LogP contribution in [-0.2, 0) is 9.53 Å². The first kappa shape index (κ1) is 21.3. The molecule has 0 aliphatic carbocycles. The van der Waals surface area contributed by atoms with Gasteiger partial charge in [0.2, 0.25) is 0 Å². The molecular weight excluding hydrogens is 400 g/mol. The van der Waals surface area contributed by atoms with Crippen molar-refractivity contribution in [3.8, 4) is 11.8 Å². The van der Waals surface area contributed by atoms with E-state index in [0.717, 1.165) is 16.9 Å². The average Bonchev–Trinajstić information content (AvgIpc) is 3.01. The Kier molecular flexibility index (Phi) is 6.12. The molecule has 0 aliphatic rings. The largest absolute Gasteiger partial charge is 0.452 e. The predicted octanol–water partition coefficient (Wildman–Crippen LogP) is 3.67. The van der Waals surface area contributed by atoms with Crippen molar-refractivity contribution in [2.24, 2.45) is 0 Å². The van der Waals surface area contributed by atoms with Gasteiger partial charge in [-0.15, -0.1) is 0 Å². The number of rotatable bonds is 6. The number of nitro groups is 1. The van der Waals surface area contributed by atoms with Crippen LogP contribution in [0, 0.1) is 35.3 Å². The van der Waals surface area contributed by atoms with Gasteiger partial charge in [-0.1, -0.05) is 18.2 Å². The number of hydrogen-bond donors (Lipinski definition) is 1. The highest BCUT2D eigenvalue weighted by Gasteiger charge is 2.21. The monoisotopic (exact) mass is 418 g/mol. The molecule has 31 heavy (non-hydrogen) atoms. The lowest BCUT2D eigenvalue weighted by molar-refractivity contribution is -0.384. The van der Waals surface area contributed by atoms with Crippen LogP contribution in [0.15, 0.2) is 54.6 Å². The molecule has 3 aromatic rings. The smallest absolute Gasteiger partial charge is 0.338 e. The molecular formula is C22H18N4O5. The quantitative estimate of drug-likeness (QED) is 0.370. The zero-order valence-corrected chi connectivity index (χ0v) is 16.8. The van der Waals surface area contributed by atoms with E-state index in [-0.39, 0.29) is 11.3 Å². The maximum atomic E-state index is 12.5. The standard InChI is InChI=1S/C22H18N4O5/c1-14-15(2)25(17-6-4-3-5-7-17)21(19(14)12-23)24-20(27)13-31-22(28)16-8-10-18(11-9-16)26(29)30/h3-11H,13H2,1-2H3,(H,24,27). The first-order chi connectivity index (χ1) is 14.8. The van der Waals surface area contributed by atoms with Gasteiger partial charge in [0.05, 0.1) is 16.1 Å². The third kappa shape index (κ3) is 4.43. The Morgan fingerprint density at radius 3 is 2.35 bits per heavy atom. The number of benzene rings is 2. The van der Waals surface area contributed by atoms with Gasteiger partial charge in [0.1, 0.15) is 11.9 Å². The first-order valence-electron chi connectivity index (χ1n) is 9.22. The first-order valence-corrected chi connectivity index (χ1v) is 9.22. The second-order valence-corrected chi connectivity index (χ2v) is 6.65. The minimum atomic E-state index is -0.795. The number of non-ortho nitro benzene ring substituents is 1. The van der Waals surface area contributed by atoms with Crippen LogP contribution in [0.1, 0.15) is 27.2 Å². The van der Waals surface area contributed by atoms with E-state index >= 15 is 0 Å². The van der Waals surface area contributed by atoms with Gasteiger partial charge >= 0.3 is 5.97 Å². The van der Waals surface area contributed by atoms with E-state index in [1.165, 1.54) is 24.3 Å². The fourth-order valence-electron chi connectivity index (χ4n) is 3.06. The zero-order valence-electron chi connectivity index (χ0n) is 16.8. The summed E-state index contributed by atoms with van der Waals surface area (Å²) < 4.78 is 6.76. The van der Waals surface area contributed by atoms with E-state index in [0.29, 0.717) is 11.4 Å². The van der Waals surface area contributed by atoms with Crippen LogP contribution in [0.5, 0.6) is 0 Å². The van der Waals surface area contributed by atoms with Gasteiger partial charge in [-0.3, -0.25) is 19.5 Å². The summed E-state index contributed by atoms with van der Waals surface area (Å²) in [6.45, 7) is 3.05. The van der Waals surface area contributed by atoms with Gasteiger partial charge in [0.15, 0.2) is 6.61 Å². The number of carbonyl (C=O) groups excluding carboxylic acids is 2. The molecule has 0 spiro atoms. The lowest BCUT2D eigenvalue weighted by Gasteiger charge is -2.13. The number of nitriles is 1. The molecule has 156 valence electrons. The number of aromatic nitrogens is 1. The van der Waals surface area contributed by atoms with Gasteiger partial charge in [-0.05, 0) is 43.7 Å². The molecule has 1 heterocycles. The van der Waals surface area contributed by atoms with Crippen molar-refractivity contribution in [3.05, 3.63) is 87.1 Å². The molecule has 0 saturated carbocycles. The van der Waals surface area contributed by atoms with E-state index < -0.39 is 23.4 Å². The topological polar surface area (TPSA) is 127 Å². The van der Waals surface area contributed by atoms with E-state index in [1.54, 1.807) is 11.5 Å². The maximum Gasteiger partial charge on any atom is 0.338 e. The van der Waals surface area contributed by atoms with Gasteiger partial charge in [0, 0.05) is 23.5 Å². The molecule has 0 radical (unpaired) electrons. The SMILES string of the molecule is Cc1c(C#N)c(NC(=O)COC(=O)c2ccc([N+](=O)[O-])cc2)n(-c2ccccc2)c1C. The summed E-state index contributed by atoms with van der Waals surface area (Å²) in [7, 11) is 0. The summed E-state index contributed by atoms with van der Waals surface area (Å²) in [4.78, 5) is 34.7. The Hall–Kier alpha value is -4.45. The average molecular weight is 418 g/mol. The molecule has 1 N–H and O–H groups in total. The maximum absolute atomic E-state index is 12.5. The fraction of sp³-hybridized carbons (Fsp3) is 0.136. The van der Waals surface area contributed by atoms with Crippen molar-refractivity contribution in [1.82, 2.24) is 4.57 Å². The fourth-order valence-corrected chi connectivity index (χ4v) is 3.06. The molecule has 0 unspecified atom stereocenters. The lowest BCUT2D eigenvalue weighted by Crippen LogP contribution is -2.22. The number of hydrogen-bond acceptors (Lipinski definition) is 6. The van der Waals surface area contributed by atoms with Crippen LogP contribution in [0.25, 0.3) is 5.69 Å². The van der Waals surface area contributed by atoms with Gasteiger partial charge in [-0.25, -0.2) is 4.79 Å². The van der Waals surface area contributed by atoms with Crippen molar-refractivity contribution in [2.75, 3.05) is 11.9 Å². The van der Waals surface area contributed by atoms with Gasteiger partial charge < -0.3 is 10.1 Å². The number of amides is 1. The number of anilines is 1. The highest BCUT2D eigenvalue weighted by atomic mass is 16.6. The number of para-hydroxylation sites is 1. The van der Waals surface area contributed by atoms with Crippen molar-refractivity contribution in [1.29, 1.82) is 5.26 Å². The van der Waals surface area contributed by atoms with Crippen LogP contribution in [0.3, 0.4) is 0 Å². The van der Waals surface area contributed by atoms with E-state index in [1.807, 2.05) is 37.3 Å². The summed E-state index contributed by atoms with van der Waals surface area (Å²) >= 11 is 0. The second-order valence-electron chi connectivity index (χ2n) is 6.65. The number of carbonyl (C=O) groups is 2. The second kappa shape index (κ2) is 8.92. The van der Waals surface area contributed by atoms with E-state index in [2.05, 4.69) is 11.4 Å². The van der Waals surface area contributed by atoms with Crippen molar-refractivity contribution in [3.63, 3.8) is 0 Å². The Bertz CT molecular complexity index is 1190. The number of nitrogens with one attached hydrogen (secondary N) is 1. The molecule has 2 aromatic carbocycles. The summed E-state index contributed by atoms with van der Waals surface area (Å²) in [5.41, 5.74) is 2.52. The minimum absolute atomic E-state index is 0.0791. The van der Waals surface area contributed by atoms with Crippen molar-refractivity contribution < 1.29 is 19.2 Å². The normalized spacial score (nSPS) is 10.2. The van der Waals surface area contributed by atoms with Crippen molar-refractivity contribution in [2.45, 2.75) is 13.8 Å². The number of ether oxygens (including phenoxy) is 1. The highest BCUT2D eigenvalue weighted by molar-refractivity contribution is 5.96.